The molecular weight excluding hydrogens is 282 g/mol. The van der Waals surface area contributed by atoms with Crippen LogP contribution in [0.5, 0.6) is 0 Å². The van der Waals surface area contributed by atoms with E-state index < -0.39 is 0 Å². The Morgan fingerprint density at radius 2 is 2.18 bits per heavy atom. The standard InChI is InChI=1S/C12H10BrN3O/c13-10-6-8(3-4-11(10)14)12(17)16-9-2-1-5-15-7-9/h1-7H,14H2,(H,16,17). The fraction of sp³-hybridized carbons (Fsp3) is 0. The first-order valence-corrected chi connectivity index (χ1v) is 5.72. The van der Waals surface area contributed by atoms with E-state index in [1.807, 2.05) is 0 Å². The number of carbonyl (C=O) groups excluding carboxylic acids is 1. The Hall–Kier alpha value is -1.88. The lowest BCUT2D eigenvalue weighted by molar-refractivity contribution is 0.102. The summed E-state index contributed by atoms with van der Waals surface area (Å²) >= 11 is 3.28. The van der Waals surface area contributed by atoms with Crippen molar-refractivity contribution in [3.05, 3.63) is 52.8 Å². The van der Waals surface area contributed by atoms with E-state index in [1.165, 1.54) is 0 Å². The third kappa shape index (κ3) is 2.82. The number of hydrogen-bond acceptors (Lipinski definition) is 3. The molecule has 0 atom stereocenters. The number of pyridine rings is 1. The van der Waals surface area contributed by atoms with E-state index in [1.54, 1.807) is 42.7 Å². The fourth-order valence-electron chi connectivity index (χ4n) is 1.31. The maximum Gasteiger partial charge on any atom is 0.255 e. The lowest BCUT2D eigenvalue weighted by Gasteiger charge is -2.05. The average molecular weight is 292 g/mol. The lowest BCUT2D eigenvalue weighted by Crippen LogP contribution is -2.12. The number of nitrogens with zero attached hydrogens (tertiary/aromatic N) is 1. The molecule has 0 saturated heterocycles. The largest absolute Gasteiger partial charge is 0.398 e. The van der Waals surface area contributed by atoms with Crippen molar-refractivity contribution in [2.75, 3.05) is 11.1 Å². The maximum atomic E-state index is 11.9. The van der Waals surface area contributed by atoms with E-state index in [0.717, 1.165) is 0 Å². The van der Waals surface area contributed by atoms with Gasteiger partial charge in [-0.1, -0.05) is 0 Å². The van der Waals surface area contributed by atoms with Gasteiger partial charge in [0.05, 0.1) is 11.9 Å². The molecule has 1 heterocycles. The molecule has 17 heavy (non-hydrogen) atoms. The van der Waals surface area contributed by atoms with Crippen LogP contribution in [-0.4, -0.2) is 10.9 Å². The van der Waals surface area contributed by atoms with Gasteiger partial charge >= 0.3 is 0 Å². The zero-order chi connectivity index (χ0) is 12.3. The van der Waals surface area contributed by atoms with Gasteiger partial charge in [0, 0.05) is 21.9 Å². The van der Waals surface area contributed by atoms with Crippen molar-refractivity contribution >= 4 is 33.2 Å². The molecule has 0 aliphatic carbocycles. The minimum Gasteiger partial charge on any atom is -0.398 e. The predicted molar refractivity (Wildman–Crippen MR) is 70.7 cm³/mol. The van der Waals surface area contributed by atoms with E-state index >= 15 is 0 Å². The van der Waals surface area contributed by atoms with E-state index in [4.69, 9.17) is 5.73 Å². The van der Waals surface area contributed by atoms with Crippen LogP contribution < -0.4 is 11.1 Å². The van der Waals surface area contributed by atoms with Gasteiger partial charge in [-0.05, 0) is 46.3 Å². The van der Waals surface area contributed by atoms with Crippen molar-refractivity contribution in [3.63, 3.8) is 0 Å². The zero-order valence-electron chi connectivity index (χ0n) is 8.85. The molecule has 1 aromatic carbocycles. The van der Waals surface area contributed by atoms with Crippen LogP contribution in [0.25, 0.3) is 0 Å². The van der Waals surface area contributed by atoms with Crippen molar-refractivity contribution in [1.29, 1.82) is 0 Å². The van der Waals surface area contributed by atoms with Crippen LogP contribution in [0.4, 0.5) is 11.4 Å². The first-order valence-electron chi connectivity index (χ1n) is 4.93. The summed E-state index contributed by atoms with van der Waals surface area (Å²) in [6.07, 6.45) is 3.24. The highest BCUT2D eigenvalue weighted by molar-refractivity contribution is 9.10. The normalized spacial score (nSPS) is 9.94. The molecule has 0 fully saturated rings. The fourth-order valence-corrected chi connectivity index (χ4v) is 1.69. The number of anilines is 2. The van der Waals surface area contributed by atoms with Crippen LogP contribution in [0.1, 0.15) is 10.4 Å². The first kappa shape index (κ1) is 11.6. The molecule has 1 amide bonds. The highest BCUT2D eigenvalue weighted by atomic mass is 79.9. The number of nitrogens with two attached hydrogens (primary N) is 1. The van der Waals surface area contributed by atoms with Crippen LogP contribution in [0, 0.1) is 0 Å². The number of amides is 1. The van der Waals surface area contributed by atoms with Gasteiger partial charge < -0.3 is 11.1 Å². The number of benzene rings is 1. The molecule has 0 aliphatic rings. The minimum absolute atomic E-state index is 0.196. The molecule has 5 heteroatoms. The molecule has 0 unspecified atom stereocenters. The number of nitrogen functional groups attached to an aromatic ring is 1. The molecule has 3 N–H and O–H groups in total. The summed E-state index contributed by atoms with van der Waals surface area (Å²) < 4.78 is 0.705. The van der Waals surface area contributed by atoms with Crippen molar-refractivity contribution in [2.45, 2.75) is 0 Å². The third-order valence-corrected chi connectivity index (χ3v) is 2.87. The third-order valence-electron chi connectivity index (χ3n) is 2.18. The molecule has 4 nitrogen and oxygen atoms in total. The van der Waals surface area contributed by atoms with E-state index in [-0.39, 0.29) is 5.91 Å². The Kier molecular flexibility index (Phi) is 3.39. The van der Waals surface area contributed by atoms with Crippen LogP contribution >= 0.6 is 15.9 Å². The number of aromatic nitrogens is 1. The maximum absolute atomic E-state index is 11.9. The molecule has 0 aliphatic heterocycles. The van der Waals surface area contributed by atoms with Crippen LogP contribution in [0.2, 0.25) is 0 Å². The van der Waals surface area contributed by atoms with Crippen LogP contribution in [-0.2, 0) is 0 Å². The summed E-state index contributed by atoms with van der Waals surface area (Å²) in [7, 11) is 0. The number of nitrogens with one attached hydrogen (secondary N) is 1. The molecule has 86 valence electrons. The monoisotopic (exact) mass is 291 g/mol. The van der Waals surface area contributed by atoms with E-state index in [2.05, 4.69) is 26.2 Å². The van der Waals surface area contributed by atoms with Crippen molar-refractivity contribution < 1.29 is 4.79 Å². The van der Waals surface area contributed by atoms with Crippen molar-refractivity contribution in [2.24, 2.45) is 0 Å². The molecule has 0 bridgehead atoms. The van der Waals surface area contributed by atoms with Gasteiger partial charge in [-0.3, -0.25) is 9.78 Å². The summed E-state index contributed by atoms with van der Waals surface area (Å²) in [5, 5.41) is 2.74. The van der Waals surface area contributed by atoms with Gasteiger partial charge in [-0.25, -0.2) is 0 Å². The molecule has 0 radical (unpaired) electrons. The summed E-state index contributed by atoms with van der Waals surface area (Å²) in [5.41, 5.74) is 7.45. The zero-order valence-corrected chi connectivity index (χ0v) is 10.4. The summed E-state index contributed by atoms with van der Waals surface area (Å²) in [6.45, 7) is 0. The second-order valence-electron chi connectivity index (χ2n) is 3.43. The lowest BCUT2D eigenvalue weighted by atomic mass is 10.2. The van der Waals surface area contributed by atoms with Gasteiger partial charge in [0.15, 0.2) is 0 Å². The molecule has 0 spiro atoms. The second-order valence-corrected chi connectivity index (χ2v) is 4.29. The highest BCUT2D eigenvalue weighted by Gasteiger charge is 2.07. The highest BCUT2D eigenvalue weighted by Crippen LogP contribution is 2.20. The summed E-state index contributed by atoms with van der Waals surface area (Å²) in [4.78, 5) is 15.8. The number of hydrogen-bond donors (Lipinski definition) is 2. The second kappa shape index (κ2) is 4.97. The quantitative estimate of drug-likeness (QED) is 0.836. The SMILES string of the molecule is Nc1ccc(C(=O)Nc2cccnc2)cc1Br. The van der Waals surface area contributed by atoms with Gasteiger partial charge in [0.25, 0.3) is 5.91 Å². The van der Waals surface area contributed by atoms with Gasteiger partial charge in [-0.15, -0.1) is 0 Å². The molecule has 0 saturated carbocycles. The number of rotatable bonds is 2. The number of halogens is 1. The van der Waals surface area contributed by atoms with Crippen molar-refractivity contribution in [3.8, 4) is 0 Å². The first-order chi connectivity index (χ1) is 8.16. The van der Waals surface area contributed by atoms with Gasteiger partial charge in [0.2, 0.25) is 0 Å². The Bertz CT molecular complexity index is 543. The van der Waals surface area contributed by atoms with E-state index in [0.29, 0.717) is 21.4 Å². The number of carbonyl (C=O) groups is 1. The molecule has 2 aromatic rings. The van der Waals surface area contributed by atoms with Crippen molar-refractivity contribution in [1.82, 2.24) is 4.98 Å². The Morgan fingerprint density at radius 3 is 2.82 bits per heavy atom. The smallest absolute Gasteiger partial charge is 0.255 e. The molecule has 2 rings (SSSR count). The summed E-state index contributed by atoms with van der Waals surface area (Å²) in [5.74, 6) is -0.196. The average Bonchev–Trinajstić information content (AvgIpc) is 2.34. The van der Waals surface area contributed by atoms with Gasteiger partial charge in [-0.2, -0.15) is 0 Å². The Balaban J connectivity index is 2.18. The predicted octanol–water partition coefficient (Wildman–Crippen LogP) is 2.68. The van der Waals surface area contributed by atoms with Crippen LogP contribution in [0.15, 0.2) is 47.2 Å². The minimum atomic E-state index is -0.196. The van der Waals surface area contributed by atoms with E-state index in [9.17, 15) is 4.79 Å². The Labute approximate surface area is 107 Å². The van der Waals surface area contributed by atoms with Gasteiger partial charge in [0.1, 0.15) is 0 Å². The van der Waals surface area contributed by atoms with Crippen LogP contribution in [0.3, 0.4) is 0 Å². The molecular formula is C12H10BrN3O. The Morgan fingerprint density at radius 1 is 1.35 bits per heavy atom. The summed E-state index contributed by atoms with van der Waals surface area (Å²) in [6, 6.07) is 8.57. The molecule has 1 aromatic heterocycles. The topological polar surface area (TPSA) is 68.0 Å².